The fourth-order valence-corrected chi connectivity index (χ4v) is 2.49. The topological polar surface area (TPSA) is 106 Å². The van der Waals surface area contributed by atoms with E-state index in [2.05, 4.69) is 25.6 Å². The first kappa shape index (κ1) is 18.1. The van der Waals surface area contributed by atoms with Gasteiger partial charge in [0.15, 0.2) is 0 Å². The second-order valence-corrected chi connectivity index (χ2v) is 6.11. The molecule has 0 saturated heterocycles. The monoisotopic (exact) mass is 410 g/mol. The van der Waals surface area contributed by atoms with E-state index in [4.69, 9.17) is 34.8 Å². The van der Waals surface area contributed by atoms with Crippen molar-refractivity contribution in [3.8, 4) is 0 Å². The van der Waals surface area contributed by atoms with Crippen molar-refractivity contribution in [2.75, 3.05) is 10.6 Å². The Morgan fingerprint density at radius 2 is 1.69 bits per heavy atom. The molecule has 11 heteroatoms. The predicted molar refractivity (Wildman–Crippen MR) is 101 cm³/mol. The van der Waals surface area contributed by atoms with E-state index in [0.717, 1.165) is 0 Å². The summed E-state index contributed by atoms with van der Waals surface area (Å²) in [5.41, 5.74) is -0.00294. The standard InChI is InChI=1S/C15H9Cl3N6O2/c16-8-4-5-11(19-6-8)23-15-13(24(25)26)14(20-7-21-15)22-10-3-1-2-9(17)12(10)18/h1-7H,(H2,19,20,21,22,23). The number of pyridine rings is 1. The minimum atomic E-state index is -0.612. The fraction of sp³-hybridized carbons (Fsp3) is 0. The van der Waals surface area contributed by atoms with Gasteiger partial charge in [0.1, 0.15) is 12.1 Å². The first-order valence-electron chi connectivity index (χ1n) is 7.04. The lowest BCUT2D eigenvalue weighted by Gasteiger charge is -2.11. The highest BCUT2D eigenvalue weighted by atomic mass is 35.5. The van der Waals surface area contributed by atoms with Crippen LogP contribution in [0.3, 0.4) is 0 Å². The first-order valence-corrected chi connectivity index (χ1v) is 8.18. The van der Waals surface area contributed by atoms with Crippen molar-refractivity contribution in [3.63, 3.8) is 0 Å². The highest BCUT2D eigenvalue weighted by Crippen LogP contribution is 2.36. The predicted octanol–water partition coefficient (Wildman–Crippen LogP) is 5.23. The summed E-state index contributed by atoms with van der Waals surface area (Å²) in [4.78, 5) is 22.8. The molecule has 0 unspecified atom stereocenters. The molecule has 2 N–H and O–H groups in total. The van der Waals surface area contributed by atoms with Crippen LogP contribution in [0.5, 0.6) is 0 Å². The molecule has 0 aliphatic rings. The average molecular weight is 412 g/mol. The number of benzene rings is 1. The zero-order valence-corrected chi connectivity index (χ0v) is 15.0. The molecule has 0 fully saturated rings. The minimum Gasteiger partial charge on any atom is -0.333 e. The first-order chi connectivity index (χ1) is 12.5. The van der Waals surface area contributed by atoms with E-state index in [1.807, 2.05) is 0 Å². The molecule has 0 spiro atoms. The molecule has 0 radical (unpaired) electrons. The van der Waals surface area contributed by atoms with Crippen LogP contribution in [0.2, 0.25) is 15.1 Å². The molecule has 132 valence electrons. The van der Waals surface area contributed by atoms with Gasteiger partial charge in [0.25, 0.3) is 0 Å². The molecule has 2 heterocycles. The largest absolute Gasteiger partial charge is 0.353 e. The van der Waals surface area contributed by atoms with Crippen LogP contribution in [0.15, 0.2) is 42.9 Å². The van der Waals surface area contributed by atoms with E-state index in [1.54, 1.807) is 30.3 Å². The maximum atomic E-state index is 11.6. The van der Waals surface area contributed by atoms with Gasteiger partial charge in [-0.15, -0.1) is 0 Å². The summed E-state index contributed by atoms with van der Waals surface area (Å²) >= 11 is 17.9. The average Bonchev–Trinajstić information content (AvgIpc) is 2.61. The number of halogens is 3. The van der Waals surface area contributed by atoms with Gasteiger partial charge in [-0.2, -0.15) is 0 Å². The number of hydrogen-bond acceptors (Lipinski definition) is 7. The summed E-state index contributed by atoms with van der Waals surface area (Å²) in [6.07, 6.45) is 2.58. The lowest BCUT2D eigenvalue weighted by Crippen LogP contribution is -2.06. The molecule has 3 aromatic rings. The van der Waals surface area contributed by atoms with Gasteiger partial charge in [0.2, 0.25) is 11.6 Å². The smallest absolute Gasteiger partial charge is 0.333 e. The molecule has 0 atom stereocenters. The lowest BCUT2D eigenvalue weighted by atomic mass is 10.3. The van der Waals surface area contributed by atoms with Crippen LogP contribution < -0.4 is 10.6 Å². The third-order valence-electron chi connectivity index (χ3n) is 3.18. The number of nitrogens with zero attached hydrogens (tertiary/aromatic N) is 4. The van der Waals surface area contributed by atoms with Crippen LogP contribution in [0.4, 0.5) is 28.8 Å². The van der Waals surface area contributed by atoms with Crippen molar-refractivity contribution >= 4 is 63.6 Å². The van der Waals surface area contributed by atoms with Crippen molar-refractivity contribution in [2.45, 2.75) is 0 Å². The molecular weight excluding hydrogens is 403 g/mol. The van der Waals surface area contributed by atoms with Crippen LogP contribution in [0, 0.1) is 10.1 Å². The molecule has 0 aliphatic heterocycles. The number of anilines is 4. The van der Waals surface area contributed by atoms with Gasteiger partial charge in [0, 0.05) is 6.20 Å². The molecule has 1 aromatic carbocycles. The summed E-state index contributed by atoms with van der Waals surface area (Å²) in [5, 5.41) is 18.1. The zero-order valence-electron chi connectivity index (χ0n) is 12.8. The van der Waals surface area contributed by atoms with Crippen molar-refractivity contribution < 1.29 is 4.92 Å². The van der Waals surface area contributed by atoms with Gasteiger partial charge in [-0.25, -0.2) is 15.0 Å². The minimum absolute atomic E-state index is 0.0412. The summed E-state index contributed by atoms with van der Waals surface area (Å²) in [5.74, 6) is 0.244. The van der Waals surface area contributed by atoms with Crippen LogP contribution >= 0.6 is 34.8 Å². The number of aromatic nitrogens is 3. The zero-order chi connectivity index (χ0) is 18.7. The SMILES string of the molecule is O=[N+]([O-])c1c(Nc2ccc(Cl)cn2)ncnc1Nc1cccc(Cl)c1Cl. The van der Waals surface area contributed by atoms with E-state index in [1.165, 1.54) is 12.5 Å². The van der Waals surface area contributed by atoms with Crippen LogP contribution in [0.25, 0.3) is 0 Å². The van der Waals surface area contributed by atoms with Crippen molar-refractivity contribution in [2.24, 2.45) is 0 Å². The Balaban J connectivity index is 1.99. The third kappa shape index (κ3) is 3.93. The molecule has 3 rings (SSSR count). The number of nitro groups is 1. The van der Waals surface area contributed by atoms with E-state index in [0.29, 0.717) is 21.6 Å². The van der Waals surface area contributed by atoms with Gasteiger partial charge in [-0.1, -0.05) is 40.9 Å². The summed E-state index contributed by atoms with van der Waals surface area (Å²) in [6, 6.07) is 8.03. The van der Waals surface area contributed by atoms with E-state index >= 15 is 0 Å². The molecule has 26 heavy (non-hydrogen) atoms. The maximum Gasteiger partial charge on any atom is 0.353 e. The second kappa shape index (κ2) is 7.69. The molecule has 0 aliphatic carbocycles. The lowest BCUT2D eigenvalue weighted by molar-refractivity contribution is -0.383. The summed E-state index contributed by atoms with van der Waals surface area (Å²) < 4.78 is 0. The van der Waals surface area contributed by atoms with Crippen molar-refractivity contribution in [1.82, 2.24) is 15.0 Å². The van der Waals surface area contributed by atoms with Gasteiger partial charge < -0.3 is 10.6 Å². The Bertz CT molecular complexity index is 968. The van der Waals surface area contributed by atoms with Gasteiger partial charge in [-0.3, -0.25) is 10.1 Å². The van der Waals surface area contributed by atoms with Gasteiger partial charge in [0.05, 0.1) is 25.7 Å². The second-order valence-electron chi connectivity index (χ2n) is 4.89. The highest BCUT2D eigenvalue weighted by Gasteiger charge is 2.24. The summed E-state index contributed by atoms with van der Waals surface area (Å²) in [6.45, 7) is 0. The van der Waals surface area contributed by atoms with Crippen molar-refractivity contribution in [3.05, 3.63) is 68.0 Å². The Labute approximate surface area is 162 Å². The Kier molecular flexibility index (Phi) is 5.36. The number of hydrogen-bond donors (Lipinski definition) is 2. The van der Waals surface area contributed by atoms with E-state index in [9.17, 15) is 10.1 Å². The number of nitrogens with one attached hydrogen (secondary N) is 2. The quantitative estimate of drug-likeness (QED) is 0.437. The molecule has 0 bridgehead atoms. The van der Waals surface area contributed by atoms with Crippen LogP contribution in [0.1, 0.15) is 0 Å². The molecule has 0 saturated carbocycles. The van der Waals surface area contributed by atoms with Crippen molar-refractivity contribution in [1.29, 1.82) is 0 Å². The fourth-order valence-electron chi connectivity index (χ4n) is 2.03. The Hall–Kier alpha value is -2.68. The molecule has 8 nitrogen and oxygen atoms in total. The van der Waals surface area contributed by atoms with Crippen LogP contribution in [-0.4, -0.2) is 19.9 Å². The van der Waals surface area contributed by atoms with Crippen LogP contribution in [-0.2, 0) is 0 Å². The molecular formula is C15H9Cl3N6O2. The Morgan fingerprint density at radius 1 is 0.962 bits per heavy atom. The van der Waals surface area contributed by atoms with Gasteiger partial charge >= 0.3 is 5.69 Å². The normalized spacial score (nSPS) is 10.4. The molecule has 0 amide bonds. The van der Waals surface area contributed by atoms with Gasteiger partial charge in [-0.05, 0) is 24.3 Å². The Morgan fingerprint density at radius 3 is 2.35 bits per heavy atom. The maximum absolute atomic E-state index is 11.6. The van der Waals surface area contributed by atoms with E-state index < -0.39 is 4.92 Å². The summed E-state index contributed by atoms with van der Waals surface area (Å²) in [7, 11) is 0. The molecule has 2 aromatic heterocycles. The highest BCUT2D eigenvalue weighted by molar-refractivity contribution is 6.43. The van der Waals surface area contributed by atoms with E-state index in [-0.39, 0.29) is 22.3 Å². The third-order valence-corrected chi connectivity index (χ3v) is 4.23. The number of rotatable bonds is 5.